The van der Waals surface area contributed by atoms with Gasteiger partial charge in [-0.25, -0.2) is 5.06 Å². The molecule has 1 amide bonds. The molecule has 2 aromatic rings. The summed E-state index contributed by atoms with van der Waals surface area (Å²) in [7, 11) is 1.11. The minimum absolute atomic E-state index is 0.125. The standard InChI is InChI=1S/C18H17NO7/c1-19(25)14(21)9-18(24)8-13(10-5-3-2-4-6-10)26-17-11(18)7-12(20)15(22)16(17)23/h2-8,20,22-25H,9H2,1H3. The lowest BCUT2D eigenvalue weighted by Gasteiger charge is -2.33. The number of amides is 1. The average molecular weight is 359 g/mol. The van der Waals surface area contributed by atoms with Crippen molar-refractivity contribution in [1.29, 1.82) is 0 Å². The number of aliphatic hydroxyl groups is 1. The molecule has 1 atom stereocenters. The first kappa shape index (κ1) is 17.6. The van der Waals surface area contributed by atoms with Crippen molar-refractivity contribution in [3.8, 4) is 23.0 Å². The normalized spacial score (nSPS) is 18.5. The van der Waals surface area contributed by atoms with E-state index < -0.39 is 35.2 Å². The maximum Gasteiger partial charge on any atom is 0.249 e. The molecule has 8 nitrogen and oxygen atoms in total. The number of phenols is 3. The molecule has 3 rings (SSSR count). The van der Waals surface area contributed by atoms with Gasteiger partial charge in [0.25, 0.3) is 0 Å². The summed E-state index contributed by atoms with van der Waals surface area (Å²) in [5, 5.41) is 50.4. The van der Waals surface area contributed by atoms with Crippen molar-refractivity contribution in [2.45, 2.75) is 12.0 Å². The molecular weight excluding hydrogens is 342 g/mol. The van der Waals surface area contributed by atoms with E-state index in [4.69, 9.17) is 4.74 Å². The molecule has 0 bridgehead atoms. The van der Waals surface area contributed by atoms with E-state index >= 15 is 0 Å². The van der Waals surface area contributed by atoms with E-state index in [-0.39, 0.29) is 17.1 Å². The predicted octanol–water partition coefficient (Wildman–Crippen LogP) is 1.66. The quantitative estimate of drug-likeness (QED) is 0.320. The SMILES string of the molecule is CN(O)C(=O)CC1(O)C=C(c2ccccc2)Oc2c1cc(O)c(O)c2O. The molecule has 8 heteroatoms. The molecule has 136 valence electrons. The van der Waals surface area contributed by atoms with Crippen LogP contribution in [0.4, 0.5) is 0 Å². The molecule has 26 heavy (non-hydrogen) atoms. The zero-order chi connectivity index (χ0) is 19.1. The van der Waals surface area contributed by atoms with Crippen molar-refractivity contribution in [2.24, 2.45) is 0 Å². The van der Waals surface area contributed by atoms with Gasteiger partial charge in [0.05, 0.1) is 6.42 Å². The highest BCUT2D eigenvalue weighted by molar-refractivity contribution is 5.80. The monoisotopic (exact) mass is 359 g/mol. The first-order valence-corrected chi connectivity index (χ1v) is 7.65. The molecule has 0 saturated carbocycles. The van der Waals surface area contributed by atoms with Crippen molar-refractivity contribution >= 4 is 11.7 Å². The van der Waals surface area contributed by atoms with Crippen LogP contribution in [0.5, 0.6) is 23.0 Å². The number of hydroxylamine groups is 2. The van der Waals surface area contributed by atoms with Gasteiger partial charge in [0.2, 0.25) is 17.4 Å². The number of aromatic hydroxyl groups is 3. The summed E-state index contributed by atoms with van der Waals surface area (Å²) in [4.78, 5) is 12.0. The molecule has 1 aliphatic rings. The van der Waals surface area contributed by atoms with Crippen LogP contribution in [0.2, 0.25) is 0 Å². The van der Waals surface area contributed by atoms with Crippen molar-refractivity contribution < 1.29 is 35.2 Å². The molecule has 0 aliphatic carbocycles. The summed E-state index contributed by atoms with van der Waals surface area (Å²) in [6.07, 6.45) is 0.665. The number of benzene rings is 2. The Morgan fingerprint density at radius 2 is 1.81 bits per heavy atom. The Labute approximate surface area is 148 Å². The second kappa shape index (κ2) is 6.25. The van der Waals surface area contributed by atoms with E-state index in [1.165, 1.54) is 6.08 Å². The summed E-state index contributed by atoms with van der Waals surface area (Å²) in [5.74, 6) is -3.25. The Morgan fingerprint density at radius 3 is 2.42 bits per heavy atom. The number of carbonyl (C=O) groups excluding carboxylic acids is 1. The van der Waals surface area contributed by atoms with Crippen LogP contribution in [0.3, 0.4) is 0 Å². The van der Waals surface area contributed by atoms with Crippen LogP contribution in [-0.2, 0) is 10.4 Å². The van der Waals surface area contributed by atoms with Crippen molar-refractivity contribution in [1.82, 2.24) is 5.06 Å². The zero-order valence-electron chi connectivity index (χ0n) is 13.7. The highest BCUT2D eigenvalue weighted by Gasteiger charge is 2.41. The van der Waals surface area contributed by atoms with Crippen molar-refractivity contribution in [3.63, 3.8) is 0 Å². The van der Waals surface area contributed by atoms with Gasteiger partial charge in [0.15, 0.2) is 11.5 Å². The van der Waals surface area contributed by atoms with E-state index in [0.29, 0.717) is 10.6 Å². The van der Waals surface area contributed by atoms with Crippen LogP contribution in [-0.4, -0.2) is 43.7 Å². The van der Waals surface area contributed by atoms with E-state index in [1.54, 1.807) is 30.3 Å². The minimum Gasteiger partial charge on any atom is -0.504 e. The van der Waals surface area contributed by atoms with Crippen molar-refractivity contribution in [3.05, 3.63) is 53.6 Å². The van der Waals surface area contributed by atoms with Gasteiger partial charge in [-0.3, -0.25) is 10.0 Å². The second-order valence-electron chi connectivity index (χ2n) is 5.96. The largest absolute Gasteiger partial charge is 0.504 e. The maximum atomic E-state index is 12.0. The third-order valence-electron chi connectivity index (χ3n) is 4.10. The summed E-state index contributed by atoms with van der Waals surface area (Å²) < 4.78 is 5.61. The molecule has 1 unspecified atom stereocenters. The van der Waals surface area contributed by atoms with Crippen molar-refractivity contribution in [2.75, 3.05) is 7.05 Å². The molecule has 5 N–H and O–H groups in total. The average Bonchev–Trinajstić information content (AvgIpc) is 2.61. The molecule has 1 aliphatic heterocycles. The van der Waals surface area contributed by atoms with Crippen LogP contribution in [0.25, 0.3) is 5.76 Å². The zero-order valence-corrected chi connectivity index (χ0v) is 13.7. The smallest absolute Gasteiger partial charge is 0.249 e. The summed E-state index contributed by atoms with van der Waals surface area (Å²) in [6, 6.07) is 9.61. The van der Waals surface area contributed by atoms with E-state index in [1.807, 2.05) is 0 Å². The van der Waals surface area contributed by atoms with Crippen LogP contribution < -0.4 is 4.74 Å². The van der Waals surface area contributed by atoms with Gasteiger partial charge in [0.1, 0.15) is 11.4 Å². The molecule has 0 saturated heterocycles. The van der Waals surface area contributed by atoms with E-state index in [9.17, 15) is 30.4 Å². The predicted molar refractivity (Wildman–Crippen MR) is 89.6 cm³/mol. The fourth-order valence-electron chi connectivity index (χ4n) is 2.72. The Hall–Kier alpha value is -3.23. The first-order chi connectivity index (χ1) is 12.2. The van der Waals surface area contributed by atoms with Gasteiger partial charge in [-0.2, -0.15) is 0 Å². The summed E-state index contributed by atoms with van der Waals surface area (Å²) in [6.45, 7) is 0. The topological polar surface area (TPSA) is 131 Å². The van der Waals surface area contributed by atoms with Gasteiger partial charge in [0, 0.05) is 18.2 Å². The van der Waals surface area contributed by atoms with E-state index in [2.05, 4.69) is 0 Å². The highest BCUT2D eigenvalue weighted by atomic mass is 16.5. The fraction of sp³-hybridized carbons (Fsp3) is 0.167. The number of nitrogens with zero attached hydrogens (tertiary/aromatic N) is 1. The lowest BCUT2D eigenvalue weighted by Crippen LogP contribution is -2.35. The Morgan fingerprint density at radius 1 is 1.15 bits per heavy atom. The third-order valence-corrected chi connectivity index (χ3v) is 4.10. The maximum absolute atomic E-state index is 12.0. The molecule has 0 radical (unpaired) electrons. The summed E-state index contributed by atoms with van der Waals surface area (Å²) >= 11 is 0. The highest BCUT2D eigenvalue weighted by Crippen LogP contribution is 2.52. The Bertz CT molecular complexity index is 892. The second-order valence-corrected chi connectivity index (χ2v) is 5.96. The molecule has 0 fully saturated rings. The van der Waals surface area contributed by atoms with Gasteiger partial charge < -0.3 is 25.2 Å². The van der Waals surface area contributed by atoms with Crippen LogP contribution >= 0.6 is 0 Å². The lowest BCUT2D eigenvalue weighted by atomic mass is 9.85. The van der Waals surface area contributed by atoms with Gasteiger partial charge >= 0.3 is 0 Å². The fourth-order valence-corrected chi connectivity index (χ4v) is 2.72. The molecule has 1 heterocycles. The van der Waals surface area contributed by atoms with Crippen LogP contribution in [0.1, 0.15) is 17.5 Å². The number of rotatable bonds is 3. The van der Waals surface area contributed by atoms with Gasteiger partial charge in [-0.15, -0.1) is 0 Å². The number of phenolic OH excluding ortho intramolecular Hbond substituents is 3. The number of hydrogen-bond acceptors (Lipinski definition) is 7. The van der Waals surface area contributed by atoms with Gasteiger partial charge in [-0.1, -0.05) is 30.3 Å². The number of hydrogen-bond donors (Lipinski definition) is 5. The van der Waals surface area contributed by atoms with Crippen LogP contribution in [0.15, 0.2) is 42.5 Å². The Balaban J connectivity index is 2.20. The molecule has 0 aromatic heterocycles. The third kappa shape index (κ3) is 2.92. The lowest BCUT2D eigenvalue weighted by molar-refractivity contribution is -0.163. The summed E-state index contributed by atoms with van der Waals surface area (Å²) in [5.41, 5.74) is -1.58. The van der Waals surface area contributed by atoms with Gasteiger partial charge in [-0.05, 0) is 12.1 Å². The molecule has 2 aromatic carbocycles. The Kier molecular flexibility index (Phi) is 4.23. The molecule has 0 spiro atoms. The first-order valence-electron chi connectivity index (χ1n) is 7.65. The number of ether oxygens (including phenoxy) is 1. The number of carbonyl (C=O) groups is 1. The molecular formula is C18H17NO7. The van der Waals surface area contributed by atoms with E-state index in [0.717, 1.165) is 13.1 Å². The van der Waals surface area contributed by atoms with Crippen LogP contribution in [0, 0.1) is 0 Å². The minimum atomic E-state index is -2.00. The number of fused-ring (bicyclic) bond motifs is 1.